The SMILES string of the molecule is CN1CCC(NC(=O)C(Sc2ccccc2)c2ccccc2)C1=O. The number of nitrogens with one attached hydrogen (secondary N) is 1. The maximum Gasteiger partial charge on any atom is 0.244 e. The second kappa shape index (κ2) is 7.53. The summed E-state index contributed by atoms with van der Waals surface area (Å²) in [5.74, 6) is -0.136. The van der Waals surface area contributed by atoms with Gasteiger partial charge in [-0.05, 0) is 24.1 Å². The van der Waals surface area contributed by atoms with E-state index in [0.29, 0.717) is 13.0 Å². The average molecular weight is 340 g/mol. The van der Waals surface area contributed by atoms with Gasteiger partial charge in [-0.3, -0.25) is 9.59 Å². The van der Waals surface area contributed by atoms with E-state index in [1.54, 1.807) is 11.9 Å². The van der Waals surface area contributed by atoms with Crippen molar-refractivity contribution in [3.05, 3.63) is 66.2 Å². The molecule has 0 spiro atoms. The van der Waals surface area contributed by atoms with Crippen molar-refractivity contribution in [1.82, 2.24) is 10.2 Å². The van der Waals surface area contributed by atoms with Crippen LogP contribution >= 0.6 is 11.8 Å². The Bertz CT molecular complexity index is 706. The van der Waals surface area contributed by atoms with E-state index >= 15 is 0 Å². The molecule has 0 aromatic heterocycles. The van der Waals surface area contributed by atoms with Gasteiger partial charge < -0.3 is 10.2 Å². The van der Waals surface area contributed by atoms with Gasteiger partial charge in [-0.1, -0.05) is 48.5 Å². The summed E-state index contributed by atoms with van der Waals surface area (Å²) in [5.41, 5.74) is 0.933. The van der Waals surface area contributed by atoms with Gasteiger partial charge in [0.05, 0.1) is 0 Å². The smallest absolute Gasteiger partial charge is 0.244 e. The van der Waals surface area contributed by atoms with E-state index in [2.05, 4.69) is 5.32 Å². The molecule has 2 amide bonds. The molecule has 124 valence electrons. The minimum absolute atomic E-state index is 0.0140. The molecule has 0 saturated carbocycles. The highest BCUT2D eigenvalue weighted by Gasteiger charge is 2.32. The van der Waals surface area contributed by atoms with Crippen LogP contribution in [0.15, 0.2) is 65.6 Å². The first kappa shape index (κ1) is 16.6. The number of hydrogen-bond acceptors (Lipinski definition) is 3. The number of thioether (sulfide) groups is 1. The zero-order chi connectivity index (χ0) is 16.9. The van der Waals surface area contributed by atoms with Crippen LogP contribution in [-0.2, 0) is 9.59 Å². The lowest BCUT2D eigenvalue weighted by Gasteiger charge is -2.19. The largest absolute Gasteiger partial charge is 0.344 e. The molecule has 1 N–H and O–H groups in total. The Kier molecular flexibility index (Phi) is 5.20. The van der Waals surface area contributed by atoms with Crippen molar-refractivity contribution in [2.75, 3.05) is 13.6 Å². The molecule has 1 heterocycles. The van der Waals surface area contributed by atoms with Gasteiger partial charge in [-0.15, -0.1) is 11.8 Å². The summed E-state index contributed by atoms with van der Waals surface area (Å²) in [5, 5.41) is 2.54. The fraction of sp³-hybridized carbons (Fsp3) is 0.263. The molecule has 1 aliphatic heterocycles. The Morgan fingerprint density at radius 2 is 1.75 bits per heavy atom. The highest BCUT2D eigenvalue weighted by Crippen LogP contribution is 2.35. The topological polar surface area (TPSA) is 49.4 Å². The maximum absolute atomic E-state index is 12.9. The maximum atomic E-state index is 12.9. The number of likely N-dealkylation sites (N-methyl/N-ethyl adjacent to an activating group) is 1. The summed E-state index contributed by atoms with van der Waals surface area (Å²) in [4.78, 5) is 27.6. The van der Waals surface area contributed by atoms with Crippen LogP contribution in [0.1, 0.15) is 17.2 Å². The minimum atomic E-state index is -0.412. The lowest BCUT2D eigenvalue weighted by molar-refractivity contribution is -0.131. The van der Waals surface area contributed by atoms with Crippen molar-refractivity contribution in [1.29, 1.82) is 0 Å². The number of carbonyl (C=O) groups is 2. The van der Waals surface area contributed by atoms with E-state index < -0.39 is 6.04 Å². The lowest BCUT2D eigenvalue weighted by Crippen LogP contribution is -2.42. The third-order valence-corrected chi connectivity index (χ3v) is 5.35. The first-order chi connectivity index (χ1) is 11.6. The monoisotopic (exact) mass is 340 g/mol. The third-order valence-electron chi connectivity index (χ3n) is 4.08. The average Bonchev–Trinajstić information content (AvgIpc) is 2.93. The Hall–Kier alpha value is -2.27. The van der Waals surface area contributed by atoms with E-state index in [0.717, 1.165) is 10.5 Å². The van der Waals surface area contributed by atoms with E-state index in [9.17, 15) is 9.59 Å². The normalized spacial score (nSPS) is 18.5. The van der Waals surface area contributed by atoms with Gasteiger partial charge in [-0.2, -0.15) is 0 Å². The first-order valence-electron chi connectivity index (χ1n) is 7.97. The summed E-state index contributed by atoms with van der Waals surface area (Å²) >= 11 is 1.50. The number of nitrogens with zero attached hydrogens (tertiary/aromatic N) is 1. The molecule has 5 heteroatoms. The fourth-order valence-corrected chi connectivity index (χ4v) is 3.79. The Morgan fingerprint density at radius 3 is 2.33 bits per heavy atom. The number of amides is 2. The molecular weight excluding hydrogens is 320 g/mol. The Morgan fingerprint density at radius 1 is 1.12 bits per heavy atom. The molecule has 1 saturated heterocycles. The number of carbonyl (C=O) groups excluding carboxylic acids is 2. The van der Waals surface area contributed by atoms with Crippen molar-refractivity contribution in [3.63, 3.8) is 0 Å². The molecule has 24 heavy (non-hydrogen) atoms. The second-order valence-electron chi connectivity index (χ2n) is 5.83. The second-order valence-corrected chi connectivity index (χ2v) is 7.01. The molecule has 0 bridgehead atoms. The van der Waals surface area contributed by atoms with Crippen molar-refractivity contribution >= 4 is 23.6 Å². The van der Waals surface area contributed by atoms with Crippen molar-refractivity contribution < 1.29 is 9.59 Å². The van der Waals surface area contributed by atoms with Crippen LogP contribution in [-0.4, -0.2) is 36.3 Å². The molecular formula is C19H20N2O2S. The van der Waals surface area contributed by atoms with Gasteiger partial charge in [-0.25, -0.2) is 0 Å². The molecule has 2 unspecified atom stereocenters. The zero-order valence-corrected chi connectivity index (χ0v) is 14.3. The van der Waals surface area contributed by atoms with Crippen LogP contribution < -0.4 is 5.32 Å². The van der Waals surface area contributed by atoms with E-state index in [4.69, 9.17) is 0 Å². The molecule has 0 radical (unpaired) electrons. The lowest BCUT2D eigenvalue weighted by atomic mass is 10.1. The van der Waals surface area contributed by atoms with Gasteiger partial charge in [0.15, 0.2) is 0 Å². The molecule has 3 rings (SSSR count). The predicted octanol–water partition coefficient (Wildman–Crippen LogP) is 2.87. The van der Waals surface area contributed by atoms with Crippen LogP contribution in [0.25, 0.3) is 0 Å². The molecule has 2 aromatic rings. The van der Waals surface area contributed by atoms with Crippen LogP contribution in [0, 0.1) is 0 Å². The molecule has 1 fully saturated rings. The van der Waals surface area contributed by atoms with Crippen LogP contribution in [0.4, 0.5) is 0 Å². The zero-order valence-electron chi connectivity index (χ0n) is 13.5. The van der Waals surface area contributed by atoms with E-state index in [1.165, 1.54) is 11.8 Å². The Labute approximate surface area is 146 Å². The fourth-order valence-electron chi connectivity index (χ4n) is 2.74. The summed E-state index contributed by atoms with van der Waals surface area (Å²) in [6.07, 6.45) is 0.665. The van der Waals surface area contributed by atoms with E-state index in [-0.39, 0.29) is 17.1 Å². The first-order valence-corrected chi connectivity index (χ1v) is 8.85. The predicted molar refractivity (Wildman–Crippen MR) is 95.7 cm³/mol. The van der Waals surface area contributed by atoms with Crippen molar-refractivity contribution in [2.24, 2.45) is 0 Å². The highest BCUT2D eigenvalue weighted by atomic mass is 32.2. The Balaban J connectivity index is 1.79. The highest BCUT2D eigenvalue weighted by molar-refractivity contribution is 8.00. The van der Waals surface area contributed by atoms with Gasteiger partial charge in [0.1, 0.15) is 11.3 Å². The number of likely N-dealkylation sites (tertiary alicyclic amines) is 1. The summed E-state index contributed by atoms with van der Waals surface area (Å²) in [7, 11) is 1.77. The van der Waals surface area contributed by atoms with Crippen molar-refractivity contribution in [3.8, 4) is 0 Å². The van der Waals surface area contributed by atoms with Gasteiger partial charge >= 0.3 is 0 Å². The van der Waals surface area contributed by atoms with E-state index in [1.807, 2.05) is 60.7 Å². The molecule has 0 aliphatic carbocycles. The quantitative estimate of drug-likeness (QED) is 0.852. The minimum Gasteiger partial charge on any atom is -0.344 e. The summed E-state index contributed by atoms with van der Waals surface area (Å²) in [6.45, 7) is 0.686. The summed E-state index contributed by atoms with van der Waals surface area (Å²) in [6, 6.07) is 19.1. The van der Waals surface area contributed by atoms with Crippen LogP contribution in [0.2, 0.25) is 0 Å². The molecule has 4 nitrogen and oxygen atoms in total. The standard InChI is InChI=1S/C19H20N2O2S/c1-21-13-12-16(19(21)23)20-18(22)17(14-8-4-2-5-9-14)24-15-10-6-3-7-11-15/h2-11,16-17H,12-13H2,1H3,(H,20,22). The van der Waals surface area contributed by atoms with Crippen molar-refractivity contribution in [2.45, 2.75) is 22.6 Å². The molecule has 2 atom stereocenters. The number of rotatable bonds is 5. The molecule has 1 aliphatic rings. The van der Waals surface area contributed by atoms with Gasteiger partial charge in [0, 0.05) is 18.5 Å². The third kappa shape index (κ3) is 3.79. The number of benzene rings is 2. The van der Waals surface area contributed by atoms with Crippen LogP contribution in [0.5, 0.6) is 0 Å². The summed E-state index contributed by atoms with van der Waals surface area (Å²) < 4.78 is 0. The van der Waals surface area contributed by atoms with Gasteiger partial charge in [0.25, 0.3) is 0 Å². The molecule has 2 aromatic carbocycles. The van der Waals surface area contributed by atoms with Crippen LogP contribution in [0.3, 0.4) is 0 Å². The van der Waals surface area contributed by atoms with Gasteiger partial charge in [0.2, 0.25) is 11.8 Å². The number of hydrogen-bond donors (Lipinski definition) is 1.